The molecule has 1 aliphatic carbocycles. The Morgan fingerprint density at radius 3 is 2.62 bits per heavy atom. The number of carbonyl (C=O) groups is 1. The Kier molecular flexibility index (Phi) is 6.49. The summed E-state index contributed by atoms with van der Waals surface area (Å²) in [6.45, 7) is 8.05. The summed E-state index contributed by atoms with van der Waals surface area (Å²) in [5, 5.41) is 3.42. The molecule has 0 amide bonds. The molecule has 2 atom stereocenters. The van der Waals surface area contributed by atoms with Crippen LogP contribution < -0.4 is 5.32 Å². The molecule has 1 saturated heterocycles. The highest BCUT2D eigenvalue weighted by Crippen LogP contribution is 2.25. The monoisotopic (exact) mass is 296 g/mol. The van der Waals surface area contributed by atoms with Gasteiger partial charge in [-0.05, 0) is 63.5 Å². The fourth-order valence-corrected chi connectivity index (χ4v) is 3.33. The second kappa shape index (κ2) is 8.14. The highest BCUT2D eigenvalue weighted by atomic mass is 16.5. The number of likely N-dealkylation sites (tertiary alicyclic amines) is 1. The van der Waals surface area contributed by atoms with E-state index in [0.717, 1.165) is 24.8 Å². The van der Waals surface area contributed by atoms with Gasteiger partial charge in [0.1, 0.15) is 6.04 Å². The predicted octanol–water partition coefficient (Wildman–Crippen LogP) is 2.43. The lowest BCUT2D eigenvalue weighted by atomic mass is 9.89. The van der Waals surface area contributed by atoms with Crippen molar-refractivity contribution in [2.24, 2.45) is 11.8 Å². The van der Waals surface area contributed by atoms with Crippen LogP contribution in [0.2, 0.25) is 0 Å². The molecule has 1 heterocycles. The van der Waals surface area contributed by atoms with E-state index in [-0.39, 0.29) is 12.0 Å². The molecular weight excluding hydrogens is 264 g/mol. The molecule has 0 aromatic carbocycles. The number of hydrogen-bond acceptors (Lipinski definition) is 4. The van der Waals surface area contributed by atoms with Gasteiger partial charge in [-0.1, -0.05) is 13.8 Å². The standard InChI is InChI=1S/C17H32N2O2/c1-13(2)14-5-4-10-19(11-8-14)12-9-16(17(20)21-3)18-15-6-7-15/h13-16,18H,4-12H2,1-3H3. The molecule has 0 spiro atoms. The third kappa shape index (κ3) is 5.59. The zero-order chi connectivity index (χ0) is 15.2. The van der Waals surface area contributed by atoms with Crippen LogP contribution in [-0.2, 0) is 9.53 Å². The van der Waals surface area contributed by atoms with Crippen molar-refractivity contribution in [1.82, 2.24) is 10.2 Å². The van der Waals surface area contributed by atoms with Gasteiger partial charge in [0.05, 0.1) is 7.11 Å². The second-order valence-corrected chi connectivity index (χ2v) is 7.08. The number of hydrogen-bond donors (Lipinski definition) is 1. The zero-order valence-electron chi connectivity index (χ0n) is 13.9. The molecule has 0 aromatic rings. The van der Waals surface area contributed by atoms with Crippen molar-refractivity contribution in [2.75, 3.05) is 26.7 Å². The molecule has 1 saturated carbocycles. The van der Waals surface area contributed by atoms with E-state index >= 15 is 0 Å². The van der Waals surface area contributed by atoms with E-state index in [9.17, 15) is 4.79 Å². The molecule has 1 N–H and O–H groups in total. The van der Waals surface area contributed by atoms with Gasteiger partial charge < -0.3 is 15.0 Å². The van der Waals surface area contributed by atoms with Crippen molar-refractivity contribution >= 4 is 5.97 Å². The van der Waals surface area contributed by atoms with E-state index in [1.165, 1.54) is 52.3 Å². The largest absolute Gasteiger partial charge is 0.468 e. The molecule has 0 bridgehead atoms. The van der Waals surface area contributed by atoms with Crippen LogP contribution in [0.3, 0.4) is 0 Å². The molecule has 122 valence electrons. The molecule has 4 nitrogen and oxygen atoms in total. The van der Waals surface area contributed by atoms with Gasteiger partial charge in [-0.25, -0.2) is 0 Å². The first-order valence-corrected chi connectivity index (χ1v) is 8.66. The van der Waals surface area contributed by atoms with Crippen molar-refractivity contribution in [2.45, 2.75) is 64.5 Å². The summed E-state index contributed by atoms with van der Waals surface area (Å²) in [5.41, 5.74) is 0. The second-order valence-electron chi connectivity index (χ2n) is 7.08. The Balaban J connectivity index is 1.75. The first kappa shape index (κ1) is 16.8. The maximum atomic E-state index is 11.9. The summed E-state index contributed by atoms with van der Waals surface area (Å²) in [6.07, 6.45) is 7.23. The number of nitrogens with zero attached hydrogens (tertiary/aromatic N) is 1. The predicted molar refractivity (Wildman–Crippen MR) is 85.2 cm³/mol. The van der Waals surface area contributed by atoms with Crippen LogP contribution >= 0.6 is 0 Å². The summed E-state index contributed by atoms with van der Waals surface area (Å²) in [5.74, 6) is 1.57. The molecule has 4 heteroatoms. The number of nitrogens with one attached hydrogen (secondary N) is 1. The molecule has 2 rings (SSSR count). The first-order chi connectivity index (χ1) is 10.1. The van der Waals surface area contributed by atoms with Crippen LogP contribution in [0.15, 0.2) is 0 Å². The van der Waals surface area contributed by atoms with Crippen molar-refractivity contribution in [3.05, 3.63) is 0 Å². The smallest absolute Gasteiger partial charge is 0.322 e. The third-order valence-corrected chi connectivity index (χ3v) is 5.04. The van der Waals surface area contributed by atoms with Crippen LogP contribution in [0.5, 0.6) is 0 Å². The summed E-state index contributed by atoms with van der Waals surface area (Å²) >= 11 is 0. The van der Waals surface area contributed by atoms with Crippen LogP contribution in [-0.4, -0.2) is 49.7 Å². The summed E-state index contributed by atoms with van der Waals surface area (Å²) in [6, 6.07) is 0.426. The Morgan fingerprint density at radius 2 is 2.00 bits per heavy atom. The van der Waals surface area contributed by atoms with Gasteiger partial charge >= 0.3 is 5.97 Å². The quantitative estimate of drug-likeness (QED) is 0.733. The fourth-order valence-electron chi connectivity index (χ4n) is 3.33. The lowest BCUT2D eigenvalue weighted by Gasteiger charge is -2.24. The minimum atomic E-state index is -0.119. The SMILES string of the molecule is COC(=O)C(CCN1CCCC(C(C)C)CC1)NC1CC1. The number of methoxy groups -OCH3 is 1. The van der Waals surface area contributed by atoms with Crippen molar-refractivity contribution in [3.63, 3.8) is 0 Å². The number of rotatable bonds is 7. The molecule has 2 unspecified atom stereocenters. The van der Waals surface area contributed by atoms with E-state index in [4.69, 9.17) is 4.74 Å². The molecule has 1 aliphatic heterocycles. The topological polar surface area (TPSA) is 41.6 Å². The molecule has 2 aliphatic rings. The van der Waals surface area contributed by atoms with E-state index in [1.807, 2.05) is 0 Å². The highest BCUT2D eigenvalue weighted by Gasteiger charge is 2.29. The lowest BCUT2D eigenvalue weighted by Crippen LogP contribution is -2.42. The van der Waals surface area contributed by atoms with Crippen molar-refractivity contribution in [3.8, 4) is 0 Å². The van der Waals surface area contributed by atoms with Gasteiger partial charge in [0, 0.05) is 12.6 Å². The third-order valence-electron chi connectivity index (χ3n) is 5.04. The summed E-state index contributed by atoms with van der Waals surface area (Å²) in [7, 11) is 1.49. The van der Waals surface area contributed by atoms with Crippen LogP contribution in [0, 0.1) is 11.8 Å². The number of carbonyl (C=O) groups excluding carboxylic acids is 1. The Labute approximate surface area is 129 Å². The first-order valence-electron chi connectivity index (χ1n) is 8.66. The molecule has 2 fully saturated rings. The molecule has 0 radical (unpaired) electrons. The lowest BCUT2D eigenvalue weighted by molar-refractivity contribution is -0.143. The molecule has 21 heavy (non-hydrogen) atoms. The van der Waals surface area contributed by atoms with E-state index in [1.54, 1.807) is 0 Å². The van der Waals surface area contributed by atoms with Gasteiger partial charge in [0.2, 0.25) is 0 Å². The normalized spacial score (nSPS) is 25.6. The van der Waals surface area contributed by atoms with Crippen LogP contribution in [0.1, 0.15) is 52.4 Å². The number of esters is 1. The van der Waals surface area contributed by atoms with Crippen molar-refractivity contribution < 1.29 is 9.53 Å². The zero-order valence-corrected chi connectivity index (χ0v) is 13.9. The number of ether oxygens (including phenoxy) is 1. The Morgan fingerprint density at radius 1 is 1.24 bits per heavy atom. The average Bonchev–Trinajstić information content (AvgIpc) is 3.29. The maximum Gasteiger partial charge on any atom is 0.322 e. The summed E-state index contributed by atoms with van der Waals surface area (Å²) < 4.78 is 4.93. The summed E-state index contributed by atoms with van der Waals surface area (Å²) in [4.78, 5) is 14.4. The van der Waals surface area contributed by atoms with Gasteiger partial charge in [-0.3, -0.25) is 4.79 Å². The van der Waals surface area contributed by atoms with Crippen molar-refractivity contribution in [1.29, 1.82) is 0 Å². The van der Waals surface area contributed by atoms with Gasteiger partial charge in [0.15, 0.2) is 0 Å². The Hall–Kier alpha value is -0.610. The van der Waals surface area contributed by atoms with Gasteiger partial charge in [-0.2, -0.15) is 0 Å². The molecule has 0 aromatic heterocycles. The average molecular weight is 296 g/mol. The fraction of sp³-hybridized carbons (Fsp3) is 0.941. The van der Waals surface area contributed by atoms with E-state index in [0.29, 0.717) is 6.04 Å². The van der Waals surface area contributed by atoms with Crippen LogP contribution in [0.25, 0.3) is 0 Å². The molecular formula is C17H32N2O2. The van der Waals surface area contributed by atoms with E-state index in [2.05, 4.69) is 24.1 Å². The van der Waals surface area contributed by atoms with Gasteiger partial charge in [-0.15, -0.1) is 0 Å². The minimum Gasteiger partial charge on any atom is -0.468 e. The highest BCUT2D eigenvalue weighted by molar-refractivity contribution is 5.75. The van der Waals surface area contributed by atoms with Gasteiger partial charge in [0.25, 0.3) is 0 Å². The maximum absolute atomic E-state index is 11.9. The van der Waals surface area contributed by atoms with Crippen LogP contribution in [0.4, 0.5) is 0 Å². The minimum absolute atomic E-state index is 0.100. The van der Waals surface area contributed by atoms with E-state index < -0.39 is 0 Å². The Bertz CT molecular complexity index is 329.